The molecule has 0 saturated heterocycles. The number of rotatable bonds is 6. The van der Waals surface area contributed by atoms with Gasteiger partial charge in [-0.05, 0) is 13.0 Å². The third kappa shape index (κ3) is 3.45. The van der Waals surface area contributed by atoms with Gasteiger partial charge in [-0.15, -0.1) is 5.10 Å². The van der Waals surface area contributed by atoms with Gasteiger partial charge in [0.1, 0.15) is 0 Å². The number of aromatic nitrogens is 2. The van der Waals surface area contributed by atoms with Crippen molar-refractivity contribution in [1.29, 1.82) is 0 Å². The van der Waals surface area contributed by atoms with E-state index in [0.717, 1.165) is 24.5 Å². The van der Waals surface area contributed by atoms with E-state index in [1.165, 1.54) is 0 Å². The molecule has 0 unspecified atom stereocenters. The van der Waals surface area contributed by atoms with Crippen molar-refractivity contribution in [3.8, 4) is 0 Å². The van der Waals surface area contributed by atoms with Gasteiger partial charge >= 0.3 is 0 Å². The molecule has 0 atom stereocenters. The van der Waals surface area contributed by atoms with Crippen LogP contribution in [0.5, 0.6) is 0 Å². The SMILES string of the molecule is CCOCCN(C)c1nnccc1CN. The lowest BCUT2D eigenvalue weighted by molar-refractivity contribution is 0.154. The number of likely N-dealkylation sites (N-methyl/N-ethyl adjacent to an activating group) is 1. The zero-order valence-corrected chi connectivity index (χ0v) is 9.31. The average Bonchev–Trinajstić information content (AvgIpc) is 2.29. The second kappa shape index (κ2) is 6.31. The third-order valence-electron chi connectivity index (χ3n) is 2.14. The summed E-state index contributed by atoms with van der Waals surface area (Å²) >= 11 is 0. The topological polar surface area (TPSA) is 64.3 Å². The summed E-state index contributed by atoms with van der Waals surface area (Å²) in [5.41, 5.74) is 6.62. The van der Waals surface area contributed by atoms with E-state index in [0.29, 0.717) is 13.2 Å². The van der Waals surface area contributed by atoms with E-state index >= 15 is 0 Å². The van der Waals surface area contributed by atoms with Crippen LogP contribution in [0.4, 0.5) is 5.82 Å². The zero-order valence-electron chi connectivity index (χ0n) is 9.31. The van der Waals surface area contributed by atoms with Crippen molar-refractivity contribution in [2.45, 2.75) is 13.5 Å². The molecule has 5 nitrogen and oxygen atoms in total. The van der Waals surface area contributed by atoms with E-state index in [9.17, 15) is 0 Å². The monoisotopic (exact) mass is 210 g/mol. The van der Waals surface area contributed by atoms with Crippen LogP contribution in [-0.4, -0.2) is 37.0 Å². The summed E-state index contributed by atoms with van der Waals surface area (Å²) in [7, 11) is 1.96. The predicted molar refractivity (Wildman–Crippen MR) is 59.7 cm³/mol. The molecule has 0 fully saturated rings. The van der Waals surface area contributed by atoms with Gasteiger partial charge in [0.05, 0.1) is 12.8 Å². The van der Waals surface area contributed by atoms with Crippen molar-refractivity contribution in [3.05, 3.63) is 17.8 Å². The maximum atomic E-state index is 5.62. The Morgan fingerprint density at radius 3 is 3.00 bits per heavy atom. The van der Waals surface area contributed by atoms with Crippen molar-refractivity contribution in [2.24, 2.45) is 5.73 Å². The van der Waals surface area contributed by atoms with Crippen molar-refractivity contribution in [1.82, 2.24) is 10.2 Å². The molecule has 1 aromatic rings. The zero-order chi connectivity index (χ0) is 11.1. The van der Waals surface area contributed by atoms with E-state index in [-0.39, 0.29) is 0 Å². The molecular formula is C10H18N4O. The minimum Gasteiger partial charge on any atom is -0.380 e. The smallest absolute Gasteiger partial charge is 0.155 e. The van der Waals surface area contributed by atoms with E-state index in [1.54, 1.807) is 6.20 Å². The van der Waals surface area contributed by atoms with Crippen molar-refractivity contribution in [2.75, 3.05) is 31.7 Å². The summed E-state index contributed by atoms with van der Waals surface area (Å²) in [5, 5.41) is 7.92. The maximum absolute atomic E-state index is 5.62. The van der Waals surface area contributed by atoms with Crippen LogP contribution in [0.1, 0.15) is 12.5 Å². The molecule has 0 aromatic carbocycles. The molecule has 2 N–H and O–H groups in total. The number of hydrogen-bond donors (Lipinski definition) is 1. The molecule has 1 rings (SSSR count). The molecule has 0 amide bonds. The fraction of sp³-hybridized carbons (Fsp3) is 0.600. The van der Waals surface area contributed by atoms with E-state index in [4.69, 9.17) is 10.5 Å². The summed E-state index contributed by atoms with van der Waals surface area (Å²) in [6, 6.07) is 1.89. The quantitative estimate of drug-likeness (QED) is 0.689. The van der Waals surface area contributed by atoms with Crippen LogP contribution >= 0.6 is 0 Å². The van der Waals surface area contributed by atoms with Gasteiger partial charge in [-0.2, -0.15) is 5.10 Å². The molecule has 0 aliphatic rings. The molecule has 0 radical (unpaired) electrons. The first kappa shape index (κ1) is 11.9. The normalized spacial score (nSPS) is 10.3. The fourth-order valence-corrected chi connectivity index (χ4v) is 1.28. The molecule has 5 heteroatoms. The molecule has 0 spiro atoms. The first-order chi connectivity index (χ1) is 7.29. The van der Waals surface area contributed by atoms with E-state index in [2.05, 4.69) is 10.2 Å². The Balaban J connectivity index is 2.59. The van der Waals surface area contributed by atoms with Crippen LogP contribution in [0, 0.1) is 0 Å². The lowest BCUT2D eigenvalue weighted by atomic mass is 10.2. The Kier molecular flexibility index (Phi) is 5.00. The molecule has 0 aliphatic heterocycles. The molecule has 1 heterocycles. The van der Waals surface area contributed by atoms with Crippen LogP contribution in [0.15, 0.2) is 12.3 Å². The molecular weight excluding hydrogens is 192 g/mol. The number of ether oxygens (including phenoxy) is 1. The Morgan fingerprint density at radius 2 is 2.33 bits per heavy atom. The molecule has 84 valence electrons. The fourth-order valence-electron chi connectivity index (χ4n) is 1.28. The number of anilines is 1. The lowest BCUT2D eigenvalue weighted by Crippen LogP contribution is -2.25. The predicted octanol–water partition coefficient (Wildman–Crippen LogP) is 0.408. The van der Waals surface area contributed by atoms with Gasteiger partial charge in [-0.25, -0.2) is 0 Å². The minimum atomic E-state index is 0.476. The summed E-state index contributed by atoms with van der Waals surface area (Å²) in [6.07, 6.45) is 1.65. The second-order valence-corrected chi connectivity index (χ2v) is 3.20. The largest absolute Gasteiger partial charge is 0.380 e. The highest BCUT2D eigenvalue weighted by molar-refractivity contribution is 5.44. The minimum absolute atomic E-state index is 0.476. The van der Waals surface area contributed by atoms with Crippen LogP contribution < -0.4 is 10.6 Å². The summed E-state index contributed by atoms with van der Waals surface area (Å²) < 4.78 is 5.28. The van der Waals surface area contributed by atoms with Crippen LogP contribution in [-0.2, 0) is 11.3 Å². The maximum Gasteiger partial charge on any atom is 0.155 e. The Bertz CT molecular complexity index is 293. The second-order valence-electron chi connectivity index (χ2n) is 3.20. The molecule has 0 bridgehead atoms. The Morgan fingerprint density at radius 1 is 1.53 bits per heavy atom. The Hall–Kier alpha value is -1.20. The summed E-state index contributed by atoms with van der Waals surface area (Å²) in [4.78, 5) is 2.00. The molecule has 0 saturated carbocycles. The third-order valence-corrected chi connectivity index (χ3v) is 2.14. The first-order valence-corrected chi connectivity index (χ1v) is 5.09. The standard InChI is InChI=1S/C10H18N4O/c1-3-15-7-6-14(2)10-9(8-11)4-5-12-13-10/h4-5H,3,6-8,11H2,1-2H3. The first-order valence-electron chi connectivity index (χ1n) is 5.09. The van der Waals surface area contributed by atoms with Gasteiger partial charge < -0.3 is 15.4 Å². The lowest BCUT2D eigenvalue weighted by Gasteiger charge is -2.19. The average molecular weight is 210 g/mol. The van der Waals surface area contributed by atoms with Crippen LogP contribution in [0.3, 0.4) is 0 Å². The van der Waals surface area contributed by atoms with Gasteiger partial charge in [0.2, 0.25) is 0 Å². The summed E-state index contributed by atoms with van der Waals surface area (Å²) in [5.74, 6) is 0.833. The van der Waals surface area contributed by atoms with Crippen LogP contribution in [0.25, 0.3) is 0 Å². The number of nitrogens with two attached hydrogens (primary N) is 1. The van der Waals surface area contributed by atoms with Gasteiger partial charge in [-0.3, -0.25) is 0 Å². The summed E-state index contributed by atoms with van der Waals surface area (Å²) in [6.45, 7) is 4.67. The van der Waals surface area contributed by atoms with Crippen molar-refractivity contribution in [3.63, 3.8) is 0 Å². The number of nitrogens with zero attached hydrogens (tertiary/aromatic N) is 3. The van der Waals surface area contributed by atoms with E-state index in [1.807, 2.05) is 24.9 Å². The van der Waals surface area contributed by atoms with Gasteiger partial charge in [0, 0.05) is 32.3 Å². The van der Waals surface area contributed by atoms with Crippen LogP contribution in [0.2, 0.25) is 0 Å². The Labute approximate surface area is 90.2 Å². The van der Waals surface area contributed by atoms with Crippen molar-refractivity contribution < 1.29 is 4.74 Å². The van der Waals surface area contributed by atoms with Gasteiger partial charge in [-0.1, -0.05) is 0 Å². The number of hydrogen-bond acceptors (Lipinski definition) is 5. The highest BCUT2D eigenvalue weighted by atomic mass is 16.5. The van der Waals surface area contributed by atoms with E-state index < -0.39 is 0 Å². The molecule has 0 aliphatic carbocycles. The highest BCUT2D eigenvalue weighted by Gasteiger charge is 2.07. The van der Waals surface area contributed by atoms with Gasteiger partial charge in [0.15, 0.2) is 5.82 Å². The molecule has 1 aromatic heterocycles. The highest BCUT2D eigenvalue weighted by Crippen LogP contribution is 2.13. The van der Waals surface area contributed by atoms with Crippen molar-refractivity contribution >= 4 is 5.82 Å². The molecule has 15 heavy (non-hydrogen) atoms. The van der Waals surface area contributed by atoms with Gasteiger partial charge in [0.25, 0.3) is 0 Å².